The SMILES string of the molecule is Cc1cc(C)c(NC(=O)COC(=O)c2sc(-c3ccccn3)nc2C)c(C)c1. The summed E-state index contributed by atoms with van der Waals surface area (Å²) in [6.07, 6.45) is 1.67. The molecule has 0 aliphatic heterocycles. The summed E-state index contributed by atoms with van der Waals surface area (Å²) in [5, 5.41) is 3.46. The number of carbonyl (C=O) groups excluding carboxylic acids is 2. The zero-order valence-corrected chi connectivity index (χ0v) is 17.0. The second-order valence-electron chi connectivity index (χ2n) is 6.55. The van der Waals surface area contributed by atoms with Crippen LogP contribution in [-0.2, 0) is 9.53 Å². The molecule has 1 N–H and O–H groups in total. The number of pyridine rings is 1. The smallest absolute Gasteiger partial charge is 0.350 e. The van der Waals surface area contributed by atoms with Gasteiger partial charge in [-0.05, 0) is 51.0 Å². The maximum Gasteiger partial charge on any atom is 0.350 e. The van der Waals surface area contributed by atoms with E-state index in [-0.39, 0.29) is 12.5 Å². The van der Waals surface area contributed by atoms with Crippen molar-refractivity contribution in [1.29, 1.82) is 0 Å². The third kappa shape index (κ3) is 4.43. The zero-order valence-electron chi connectivity index (χ0n) is 16.2. The van der Waals surface area contributed by atoms with Crippen LogP contribution in [0.25, 0.3) is 10.7 Å². The lowest BCUT2D eigenvalue weighted by Crippen LogP contribution is -2.21. The molecule has 0 saturated carbocycles. The van der Waals surface area contributed by atoms with Gasteiger partial charge in [0, 0.05) is 11.9 Å². The van der Waals surface area contributed by atoms with Crippen molar-refractivity contribution in [3.63, 3.8) is 0 Å². The topological polar surface area (TPSA) is 81.2 Å². The third-order valence-corrected chi connectivity index (χ3v) is 5.30. The fourth-order valence-corrected chi connectivity index (χ4v) is 3.87. The molecule has 0 bridgehead atoms. The summed E-state index contributed by atoms with van der Waals surface area (Å²) in [5.41, 5.74) is 5.06. The number of thiazole rings is 1. The Hall–Kier alpha value is -3.06. The lowest BCUT2D eigenvalue weighted by molar-refractivity contribution is -0.119. The molecule has 1 aromatic carbocycles. The number of hydrogen-bond acceptors (Lipinski definition) is 6. The van der Waals surface area contributed by atoms with Gasteiger partial charge in [0.2, 0.25) is 0 Å². The largest absolute Gasteiger partial charge is 0.451 e. The summed E-state index contributed by atoms with van der Waals surface area (Å²) in [5.74, 6) is -0.944. The van der Waals surface area contributed by atoms with Gasteiger partial charge in [-0.2, -0.15) is 0 Å². The monoisotopic (exact) mass is 395 g/mol. The normalized spacial score (nSPS) is 10.6. The third-order valence-electron chi connectivity index (χ3n) is 4.14. The van der Waals surface area contributed by atoms with Crippen LogP contribution < -0.4 is 5.32 Å². The van der Waals surface area contributed by atoms with Crippen molar-refractivity contribution in [2.75, 3.05) is 11.9 Å². The first-order chi connectivity index (χ1) is 13.3. The van der Waals surface area contributed by atoms with E-state index in [1.54, 1.807) is 13.1 Å². The highest BCUT2D eigenvalue weighted by Gasteiger charge is 2.19. The Kier molecular flexibility index (Phi) is 5.84. The highest BCUT2D eigenvalue weighted by atomic mass is 32.1. The number of nitrogens with zero attached hydrogens (tertiary/aromatic N) is 2. The molecule has 0 unspecified atom stereocenters. The van der Waals surface area contributed by atoms with Gasteiger partial charge in [-0.1, -0.05) is 23.8 Å². The Labute approximate surface area is 167 Å². The summed E-state index contributed by atoms with van der Waals surface area (Å²) >= 11 is 1.20. The molecule has 0 fully saturated rings. The number of carbonyl (C=O) groups is 2. The molecule has 0 saturated heterocycles. The lowest BCUT2D eigenvalue weighted by atomic mass is 10.1. The maximum absolute atomic E-state index is 12.4. The van der Waals surface area contributed by atoms with Crippen LogP contribution in [-0.4, -0.2) is 28.5 Å². The molecule has 6 nitrogen and oxygen atoms in total. The standard InChI is InChI=1S/C21H21N3O3S/c1-12-9-13(2)18(14(3)10-12)24-17(25)11-27-21(26)19-15(4)23-20(28-19)16-7-5-6-8-22-16/h5-10H,11H2,1-4H3,(H,24,25). The summed E-state index contributed by atoms with van der Waals surface area (Å²) in [6, 6.07) is 9.49. The van der Waals surface area contributed by atoms with Crippen LogP contribution in [0.4, 0.5) is 5.69 Å². The van der Waals surface area contributed by atoms with E-state index in [4.69, 9.17) is 4.74 Å². The fourth-order valence-electron chi connectivity index (χ4n) is 2.93. The van der Waals surface area contributed by atoms with Crippen molar-refractivity contribution in [1.82, 2.24) is 9.97 Å². The average Bonchev–Trinajstić information content (AvgIpc) is 3.05. The molecular formula is C21H21N3O3S. The second kappa shape index (κ2) is 8.31. The maximum atomic E-state index is 12.4. The van der Waals surface area contributed by atoms with Gasteiger partial charge in [-0.3, -0.25) is 9.78 Å². The number of ether oxygens (including phenoxy) is 1. The van der Waals surface area contributed by atoms with E-state index >= 15 is 0 Å². The minimum absolute atomic E-state index is 0.359. The summed E-state index contributed by atoms with van der Waals surface area (Å²) < 4.78 is 5.19. The van der Waals surface area contributed by atoms with Crippen molar-refractivity contribution in [3.8, 4) is 10.7 Å². The molecule has 144 valence electrons. The van der Waals surface area contributed by atoms with E-state index in [9.17, 15) is 9.59 Å². The van der Waals surface area contributed by atoms with E-state index in [2.05, 4.69) is 15.3 Å². The fraction of sp³-hybridized carbons (Fsp3) is 0.238. The zero-order chi connectivity index (χ0) is 20.3. The molecule has 7 heteroatoms. The minimum Gasteiger partial charge on any atom is -0.451 e. The quantitative estimate of drug-likeness (QED) is 0.654. The number of anilines is 1. The number of amides is 1. The van der Waals surface area contributed by atoms with Gasteiger partial charge in [-0.15, -0.1) is 11.3 Å². The number of aryl methyl sites for hydroxylation is 4. The predicted molar refractivity (Wildman–Crippen MR) is 110 cm³/mol. The van der Waals surface area contributed by atoms with E-state index in [0.29, 0.717) is 21.3 Å². The van der Waals surface area contributed by atoms with E-state index in [0.717, 1.165) is 22.4 Å². The second-order valence-corrected chi connectivity index (χ2v) is 7.55. The average molecular weight is 395 g/mol. The van der Waals surface area contributed by atoms with Crippen LogP contribution in [0.15, 0.2) is 36.5 Å². The summed E-state index contributed by atoms with van der Waals surface area (Å²) in [6.45, 7) is 7.24. The Morgan fingerprint density at radius 1 is 1.11 bits per heavy atom. The highest BCUT2D eigenvalue weighted by Crippen LogP contribution is 2.27. The molecule has 0 radical (unpaired) electrons. The number of nitrogens with one attached hydrogen (secondary N) is 1. The van der Waals surface area contributed by atoms with Gasteiger partial charge in [0.25, 0.3) is 5.91 Å². The van der Waals surface area contributed by atoms with E-state index < -0.39 is 5.97 Å². The molecular weight excluding hydrogens is 374 g/mol. The molecule has 3 rings (SSSR count). The molecule has 0 atom stereocenters. The molecule has 0 aliphatic carbocycles. The molecule has 0 aliphatic rings. The number of aromatic nitrogens is 2. The molecule has 28 heavy (non-hydrogen) atoms. The predicted octanol–water partition coefficient (Wildman–Crippen LogP) is 4.23. The number of rotatable bonds is 5. The lowest BCUT2D eigenvalue weighted by Gasteiger charge is -2.12. The van der Waals surface area contributed by atoms with Crippen LogP contribution >= 0.6 is 11.3 Å². The molecule has 1 amide bonds. The molecule has 2 aromatic heterocycles. The van der Waals surface area contributed by atoms with E-state index in [1.807, 2.05) is 51.1 Å². The molecule has 3 aromatic rings. The van der Waals surface area contributed by atoms with Crippen molar-refractivity contribution in [2.45, 2.75) is 27.7 Å². The Balaban J connectivity index is 1.65. The Bertz CT molecular complexity index is 1010. The van der Waals surface area contributed by atoms with Crippen LogP contribution in [0.5, 0.6) is 0 Å². The first-order valence-corrected chi connectivity index (χ1v) is 9.60. The first kappa shape index (κ1) is 19.7. The summed E-state index contributed by atoms with van der Waals surface area (Å²) in [4.78, 5) is 33.6. The van der Waals surface area contributed by atoms with Gasteiger partial charge >= 0.3 is 5.97 Å². The Morgan fingerprint density at radius 3 is 2.46 bits per heavy atom. The minimum atomic E-state index is -0.565. The summed E-state index contributed by atoms with van der Waals surface area (Å²) in [7, 11) is 0. The molecule has 2 heterocycles. The van der Waals surface area contributed by atoms with Crippen molar-refractivity contribution in [2.24, 2.45) is 0 Å². The molecule has 0 spiro atoms. The van der Waals surface area contributed by atoms with E-state index in [1.165, 1.54) is 11.3 Å². The number of benzene rings is 1. The van der Waals surface area contributed by atoms with Crippen molar-refractivity contribution >= 4 is 28.9 Å². The van der Waals surface area contributed by atoms with Crippen molar-refractivity contribution < 1.29 is 14.3 Å². The highest BCUT2D eigenvalue weighted by molar-refractivity contribution is 7.17. The number of hydrogen-bond donors (Lipinski definition) is 1. The first-order valence-electron chi connectivity index (χ1n) is 8.79. The van der Waals surface area contributed by atoms with Gasteiger partial charge in [-0.25, -0.2) is 9.78 Å². The van der Waals surface area contributed by atoms with Gasteiger partial charge < -0.3 is 10.1 Å². The van der Waals surface area contributed by atoms with Crippen molar-refractivity contribution in [3.05, 3.63) is 63.8 Å². The van der Waals surface area contributed by atoms with Gasteiger partial charge in [0.05, 0.1) is 11.4 Å². The van der Waals surface area contributed by atoms with Gasteiger partial charge in [0.15, 0.2) is 6.61 Å². The van der Waals surface area contributed by atoms with Crippen LogP contribution in [0.2, 0.25) is 0 Å². The van der Waals surface area contributed by atoms with Crippen LogP contribution in [0.1, 0.15) is 32.1 Å². The van der Waals surface area contributed by atoms with Gasteiger partial charge in [0.1, 0.15) is 9.88 Å². The van der Waals surface area contributed by atoms with Crippen LogP contribution in [0.3, 0.4) is 0 Å². The van der Waals surface area contributed by atoms with Crippen LogP contribution in [0, 0.1) is 27.7 Å². The number of esters is 1. The Morgan fingerprint density at radius 2 is 1.82 bits per heavy atom.